The van der Waals surface area contributed by atoms with Crippen molar-refractivity contribution in [2.75, 3.05) is 13.1 Å². The van der Waals surface area contributed by atoms with Gasteiger partial charge in [0, 0.05) is 6.54 Å². The fourth-order valence-electron chi connectivity index (χ4n) is 7.13. The molecule has 19 heavy (non-hydrogen) atoms. The molecule has 1 heteroatoms. The van der Waals surface area contributed by atoms with Crippen molar-refractivity contribution in [1.29, 1.82) is 0 Å². The van der Waals surface area contributed by atoms with Crippen molar-refractivity contribution in [3.05, 3.63) is 0 Å². The van der Waals surface area contributed by atoms with Gasteiger partial charge >= 0.3 is 0 Å². The molecule has 0 amide bonds. The zero-order chi connectivity index (χ0) is 13.1. The van der Waals surface area contributed by atoms with Gasteiger partial charge in [-0.05, 0) is 92.4 Å². The van der Waals surface area contributed by atoms with Crippen LogP contribution in [0.25, 0.3) is 0 Å². The van der Waals surface area contributed by atoms with E-state index in [1.165, 1.54) is 25.9 Å². The summed E-state index contributed by atoms with van der Waals surface area (Å²) in [6.07, 6.45) is 12.5. The van der Waals surface area contributed by atoms with E-state index >= 15 is 0 Å². The summed E-state index contributed by atoms with van der Waals surface area (Å²) in [6.45, 7) is 7.51. The lowest BCUT2D eigenvalue weighted by Crippen LogP contribution is -2.55. The Morgan fingerprint density at radius 1 is 1.00 bits per heavy atom. The normalized spacial score (nSPS) is 52.3. The lowest BCUT2D eigenvalue weighted by atomic mass is 9.41. The third kappa shape index (κ3) is 1.83. The van der Waals surface area contributed by atoms with Crippen LogP contribution in [0.3, 0.4) is 0 Å². The quantitative estimate of drug-likeness (QED) is 0.801. The molecule has 1 heterocycles. The summed E-state index contributed by atoms with van der Waals surface area (Å²) in [6, 6.07) is 0. The van der Waals surface area contributed by atoms with E-state index in [1.807, 2.05) is 0 Å². The zero-order valence-corrected chi connectivity index (χ0v) is 12.9. The molecule has 1 saturated heterocycles. The first-order chi connectivity index (χ1) is 9.11. The maximum Gasteiger partial charge on any atom is 0.00137 e. The first-order valence-corrected chi connectivity index (χ1v) is 8.82. The summed E-state index contributed by atoms with van der Waals surface area (Å²) in [5.41, 5.74) is 1.41. The van der Waals surface area contributed by atoms with E-state index in [1.54, 1.807) is 38.5 Å². The van der Waals surface area contributed by atoms with E-state index in [4.69, 9.17) is 0 Å². The minimum absolute atomic E-state index is 0.664. The Labute approximate surface area is 118 Å². The van der Waals surface area contributed by atoms with Crippen LogP contribution in [0, 0.1) is 34.5 Å². The van der Waals surface area contributed by atoms with Gasteiger partial charge in [0.25, 0.3) is 0 Å². The van der Waals surface area contributed by atoms with Crippen molar-refractivity contribution >= 4 is 0 Å². The monoisotopic (exact) mass is 261 g/mol. The fourth-order valence-corrected chi connectivity index (χ4v) is 7.13. The smallest absolute Gasteiger partial charge is 0.00137 e. The van der Waals surface area contributed by atoms with Crippen LogP contribution in [0.15, 0.2) is 0 Å². The molecule has 4 aliphatic carbocycles. The van der Waals surface area contributed by atoms with Gasteiger partial charge in [-0.1, -0.05) is 13.8 Å². The molecule has 5 aliphatic rings. The average Bonchev–Trinajstić information content (AvgIpc) is 2.76. The van der Waals surface area contributed by atoms with Gasteiger partial charge in [-0.25, -0.2) is 0 Å². The van der Waals surface area contributed by atoms with Crippen LogP contribution in [0.4, 0.5) is 0 Å². The van der Waals surface area contributed by atoms with Crippen molar-refractivity contribution in [1.82, 2.24) is 5.32 Å². The Hall–Kier alpha value is -0.0400. The van der Waals surface area contributed by atoms with Crippen molar-refractivity contribution in [3.63, 3.8) is 0 Å². The Morgan fingerprint density at radius 3 is 2.00 bits per heavy atom. The van der Waals surface area contributed by atoms with Crippen LogP contribution in [0.1, 0.15) is 65.2 Å². The Balaban J connectivity index is 1.68. The van der Waals surface area contributed by atoms with Gasteiger partial charge in [-0.2, -0.15) is 0 Å². The molecule has 4 bridgehead atoms. The molecule has 5 rings (SSSR count). The zero-order valence-electron chi connectivity index (χ0n) is 12.9. The summed E-state index contributed by atoms with van der Waals surface area (Å²) >= 11 is 0. The number of hydrogen-bond donors (Lipinski definition) is 1. The largest absolute Gasteiger partial charge is 0.316 e. The van der Waals surface area contributed by atoms with Gasteiger partial charge in [-0.3, -0.25) is 0 Å². The number of rotatable bonds is 3. The molecule has 1 N–H and O–H groups in total. The fraction of sp³-hybridized carbons (Fsp3) is 1.00. The Morgan fingerprint density at radius 2 is 1.58 bits per heavy atom. The molecule has 0 aromatic carbocycles. The lowest BCUT2D eigenvalue weighted by molar-refractivity contribution is -0.131. The van der Waals surface area contributed by atoms with Crippen molar-refractivity contribution in [3.8, 4) is 0 Å². The highest BCUT2D eigenvalue weighted by Gasteiger charge is 2.60. The van der Waals surface area contributed by atoms with Gasteiger partial charge in [0.2, 0.25) is 0 Å². The second-order valence-electron chi connectivity index (χ2n) is 9.00. The van der Waals surface area contributed by atoms with Crippen LogP contribution in [0.2, 0.25) is 0 Å². The molecule has 5 fully saturated rings. The van der Waals surface area contributed by atoms with Crippen molar-refractivity contribution < 1.29 is 0 Å². The molecule has 4 saturated carbocycles. The SMILES string of the molecule is CC(C)CC1(C23CC4CC(CC(C4)C2)C3)CCNC1. The van der Waals surface area contributed by atoms with Crippen LogP contribution >= 0.6 is 0 Å². The van der Waals surface area contributed by atoms with E-state index in [2.05, 4.69) is 19.2 Å². The second-order valence-corrected chi connectivity index (χ2v) is 9.00. The summed E-state index contributed by atoms with van der Waals surface area (Å²) in [5.74, 6) is 4.19. The minimum atomic E-state index is 0.664. The highest BCUT2D eigenvalue weighted by molar-refractivity contribution is 5.11. The maximum atomic E-state index is 3.74. The van der Waals surface area contributed by atoms with Gasteiger partial charge < -0.3 is 5.32 Å². The number of nitrogens with one attached hydrogen (secondary N) is 1. The summed E-state index contributed by atoms with van der Waals surface area (Å²) in [4.78, 5) is 0. The van der Waals surface area contributed by atoms with E-state index in [-0.39, 0.29) is 0 Å². The predicted octanol–water partition coefficient (Wildman–Crippen LogP) is 4.23. The van der Waals surface area contributed by atoms with Gasteiger partial charge in [0.15, 0.2) is 0 Å². The molecular weight excluding hydrogens is 230 g/mol. The van der Waals surface area contributed by atoms with E-state index in [9.17, 15) is 0 Å². The molecule has 1 nitrogen and oxygen atoms in total. The van der Waals surface area contributed by atoms with Gasteiger partial charge in [0.1, 0.15) is 0 Å². The Kier molecular flexibility index (Phi) is 2.82. The van der Waals surface area contributed by atoms with Crippen LogP contribution in [-0.2, 0) is 0 Å². The first-order valence-electron chi connectivity index (χ1n) is 8.82. The summed E-state index contributed by atoms with van der Waals surface area (Å²) in [7, 11) is 0. The summed E-state index contributed by atoms with van der Waals surface area (Å²) < 4.78 is 0. The lowest BCUT2D eigenvalue weighted by Gasteiger charge is -2.63. The molecule has 0 spiro atoms. The topological polar surface area (TPSA) is 12.0 Å². The van der Waals surface area contributed by atoms with Gasteiger partial charge in [0.05, 0.1) is 0 Å². The third-order valence-corrected chi connectivity index (χ3v) is 7.21. The average molecular weight is 261 g/mol. The summed E-state index contributed by atoms with van der Waals surface area (Å²) in [5, 5.41) is 3.74. The molecular formula is C18H31N. The molecule has 1 unspecified atom stereocenters. The highest BCUT2D eigenvalue weighted by atomic mass is 14.9. The molecule has 108 valence electrons. The van der Waals surface area contributed by atoms with E-state index in [0.717, 1.165) is 29.1 Å². The molecule has 0 aromatic heterocycles. The first kappa shape index (κ1) is 12.7. The highest BCUT2D eigenvalue weighted by Crippen LogP contribution is 2.68. The maximum absolute atomic E-state index is 3.74. The standard InChI is InChI=1S/C18H31N/c1-13(2)8-17(3-4-19-12-17)18-9-14-5-15(10-18)7-16(6-14)11-18/h13-16,19H,3-12H2,1-2H3. The molecule has 0 radical (unpaired) electrons. The minimum Gasteiger partial charge on any atom is -0.316 e. The molecule has 1 aliphatic heterocycles. The number of hydrogen-bond acceptors (Lipinski definition) is 1. The predicted molar refractivity (Wildman–Crippen MR) is 80.0 cm³/mol. The van der Waals surface area contributed by atoms with Crippen LogP contribution in [0.5, 0.6) is 0 Å². The molecule has 0 aromatic rings. The van der Waals surface area contributed by atoms with Crippen LogP contribution in [-0.4, -0.2) is 13.1 Å². The van der Waals surface area contributed by atoms with Crippen molar-refractivity contribution in [2.24, 2.45) is 34.5 Å². The molecule has 1 atom stereocenters. The Bertz CT molecular complexity index is 315. The van der Waals surface area contributed by atoms with Gasteiger partial charge in [-0.15, -0.1) is 0 Å². The van der Waals surface area contributed by atoms with E-state index < -0.39 is 0 Å². The second kappa shape index (κ2) is 4.23. The third-order valence-electron chi connectivity index (χ3n) is 7.21. The van der Waals surface area contributed by atoms with Crippen LogP contribution < -0.4 is 5.32 Å². The van der Waals surface area contributed by atoms with Crippen molar-refractivity contribution in [2.45, 2.75) is 65.2 Å². The van der Waals surface area contributed by atoms with E-state index in [0.29, 0.717) is 5.41 Å².